The van der Waals surface area contributed by atoms with E-state index in [9.17, 15) is 18.0 Å². The number of hydrogen-bond acceptors (Lipinski definition) is 5. The van der Waals surface area contributed by atoms with E-state index >= 15 is 0 Å². The molecule has 1 aromatic rings. The smallest absolute Gasteiger partial charge is 0.334 e. The lowest BCUT2D eigenvalue weighted by molar-refractivity contribution is -0.153. The molecule has 2 heterocycles. The molecule has 1 aliphatic heterocycles. The third-order valence-electron chi connectivity index (χ3n) is 3.17. The number of ether oxygens (including phenoxy) is 1. The highest BCUT2D eigenvalue weighted by atomic mass is 32.2. The highest BCUT2D eigenvalue weighted by Crippen LogP contribution is 2.20. The summed E-state index contributed by atoms with van der Waals surface area (Å²) in [6.07, 6.45) is 0.0635. The average Bonchev–Trinajstić information content (AvgIpc) is 2.82. The second-order valence-electron chi connectivity index (χ2n) is 4.60. The molecule has 1 saturated heterocycles. The number of carbonyl (C=O) groups is 2. The predicted molar refractivity (Wildman–Crippen MR) is 70.1 cm³/mol. The van der Waals surface area contributed by atoms with E-state index in [2.05, 4.69) is 0 Å². The van der Waals surface area contributed by atoms with Crippen molar-refractivity contribution in [2.75, 3.05) is 19.7 Å². The van der Waals surface area contributed by atoms with E-state index < -0.39 is 28.0 Å². The Morgan fingerprint density at radius 2 is 2.14 bits per heavy atom. The van der Waals surface area contributed by atoms with Crippen molar-refractivity contribution >= 4 is 21.9 Å². The minimum Gasteiger partial charge on any atom is -0.479 e. The van der Waals surface area contributed by atoms with Crippen molar-refractivity contribution in [2.24, 2.45) is 12.8 Å². The van der Waals surface area contributed by atoms with Crippen molar-refractivity contribution in [3.8, 4) is 0 Å². The SMILES string of the molecule is Cn1cc(S(=O)(=O)N2CCOC(C(=O)O)C2)cc1C(N)=O. The molecule has 9 nitrogen and oxygen atoms in total. The molecule has 0 spiro atoms. The third kappa shape index (κ3) is 2.91. The number of nitrogens with zero attached hydrogens (tertiary/aromatic N) is 2. The fourth-order valence-electron chi connectivity index (χ4n) is 2.06. The number of primary amides is 1. The number of carbonyl (C=O) groups excluding carboxylic acids is 1. The molecule has 116 valence electrons. The number of nitrogens with two attached hydrogens (primary N) is 1. The summed E-state index contributed by atoms with van der Waals surface area (Å²) in [7, 11) is -2.40. The van der Waals surface area contributed by atoms with Crippen LogP contribution in [0, 0.1) is 0 Å². The number of carboxylic acid groups (broad SMARTS) is 1. The highest BCUT2D eigenvalue weighted by molar-refractivity contribution is 7.89. The van der Waals surface area contributed by atoms with Gasteiger partial charge in [0.25, 0.3) is 5.91 Å². The zero-order valence-corrected chi connectivity index (χ0v) is 12.0. The van der Waals surface area contributed by atoms with Crippen molar-refractivity contribution < 1.29 is 27.9 Å². The Bertz CT molecular complexity index is 680. The van der Waals surface area contributed by atoms with Gasteiger partial charge in [0.15, 0.2) is 6.10 Å². The van der Waals surface area contributed by atoms with Gasteiger partial charge in [-0.2, -0.15) is 4.31 Å². The first-order chi connectivity index (χ1) is 9.73. The van der Waals surface area contributed by atoms with Crippen LogP contribution in [0.15, 0.2) is 17.2 Å². The minimum absolute atomic E-state index is 0.00823. The predicted octanol–water partition coefficient (Wildman–Crippen LogP) is -1.40. The summed E-state index contributed by atoms with van der Waals surface area (Å²) < 4.78 is 32.2. The zero-order valence-electron chi connectivity index (χ0n) is 11.2. The number of carboxylic acids is 1. The molecule has 21 heavy (non-hydrogen) atoms. The number of sulfonamides is 1. The molecular formula is C11H15N3O6S. The number of hydrogen-bond donors (Lipinski definition) is 2. The van der Waals surface area contributed by atoms with E-state index in [1.54, 1.807) is 0 Å². The average molecular weight is 317 g/mol. The molecule has 10 heteroatoms. The van der Waals surface area contributed by atoms with Gasteiger partial charge in [0.2, 0.25) is 10.0 Å². The maximum absolute atomic E-state index is 12.5. The molecular weight excluding hydrogens is 302 g/mol. The van der Waals surface area contributed by atoms with Crippen LogP contribution in [0.5, 0.6) is 0 Å². The zero-order chi connectivity index (χ0) is 15.8. The minimum atomic E-state index is -3.90. The topological polar surface area (TPSA) is 132 Å². The van der Waals surface area contributed by atoms with Crippen molar-refractivity contribution in [3.05, 3.63) is 18.0 Å². The Morgan fingerprint density at radius 3 is 2.67 bits per heavy atom. The van der Waals surface area contributed by atoms with E-state index in [-0.39, 0.29) is 30.3 Å². The first-order valence-corrected chi connectivity index (χ1v) is 7.48. The molecule has 1 unspecified atom stereocenters. The van der Waals surface area contributed by atoms with Crippen LogP contribution in [0.1, 0.15) is 10.5 Å². The van der Waals surface area contributed by atoms with Gasteiger partial charge in [-0.05, 0) is 6.07 Å². The first-order valence-electron chi connectivity index (χ1n) is 6.04. The van der Waals surface area contributed by atoms with Crippen LogP contribution in [0.25, 0.3) is 0 Å². The second-order valence-corrected chi connectivity index (χ2v) is 6.53. The number of morpholine rings is 1. The van der Waals surface area contributed by atoms with Crippen LogP contribution < -0.4 is 5.73 Å². The lowest BCUT2D eigenvalue weighted by Gasteiger charge is -2.29. The number of amides is 1. The van der Waals surface area contributed by atoms with Crippen LogP contribution in [-0.2, 0) is 26.6 Å². The van der Waals surface area contributed by atoms with E-state index in [1.165, 1.54) is 23.9 Å². The fraction of sp³-hybridized carbons (Fsp3) is 0.455. The maximum Gasteiger partial charge on any atom is 0.334 e. The van der Waals surface area contributed by atoms with Gasteiger partial charge in [-0.25, -0.2) is 13.2 Å². The van der Waals surface area contributed by atoms with Crippen molar-refractivity contribution in [1.82, 2.24) is 8.87 Å². The Kier molecular flexibility index (Phi) is 4.03. The van der Waals surface area contributed by atoms with Gasteiger partial charge in [-0.1, -0.05) is 0 Å². The lowest BCUT2D eigenvalue weighted by atomic mass is 10.3. The van der Waals surface area contributed by atoms with Gasteiger partial charge in [-0.15, -0.1) is 0 Å². The first kappa shape index (κ1) is 15.5. The summed E-state index contributed by atoms with van der Waals surface area (Å²) in [6, 6.07) is 1.17. The Balaban J connectivity index is 2.31. The molecule has 1 aliphatic rings. The van der Waals surface area contributed by atoms with Gasteiger partial charge >= 0.3 is 5.97 Å². The standard InChI is InChI=1S/C11H15N3O6S/c1-13-5-7(4-8(13)10(12)15)21(18,19)14-2-3-20-9(6-14)11(16)17/h4-5,9H,2-3,6H2,1H3,(H2,12,15)(H,16,17). The maximum atomic E-state index is 12.5. The second kappa shape index (κ2) is 5.47. The van der Waals surface area contributed by atoms with Crippen LogP contribution >= 0.6 is 0 Å². The highest BCUT2D eigenvalue weighted by Gasteiger charge is 2.34. The molecule has 1 atom stereocenters. The van der Waals surface area contributed by atoms with Gasteiger partial charge in [-0.3, -0.25) is 4.79 Å². The van der Waals surface area contributed by atoms with Crippen molar-refractivity contribution in [2.45, 2.75) is 11.0 Å². The van der Waals surface area contributed by atoms with Crippen LogP contribution in [0.2, 0.25) is 0 Å². The number of aryl methyl sites for hydroxylation is 1. The Labute approximate surface area is 120 Å². The molecule has 1 fully saturated rings. The summed E-state index contributed by atoms with van der Waals surface area (Å²) in [5.74, 6) is -1.97. The van der Waals surface area contributed by atoms with Gasteiger partial charge in [0.1, 0.15) is 10.6 Å². The Morgan fingerprint density at radius 1 is 1.48 bits per heavy atom. The quantitative estimate of drug-likeness (QED) is 0.702. The Hall–Kier alpha value is -1.91. The normalized spacial score (nSPS) is 20.3. The van der Waals surface area contributed by atoms with Crippen LogP contribution in [0.4, 0.5) is 0 Å². The van der Waals surface area contributed by atoms with Crippen LogP contribution in [-0.4, -0.2) is 60.1 Å². The fourth-order valence-corrected chi connectivity index (χ4v) is 3.56. The van der Waals surface area contributed by atoms with Gasteiger partial charge < -0.3 is 20.1 Å². The number of aliphatic carboxylic acids is 1. The molecule has 0 aromatic carbocycles. The van der Waals surface area contributed by atoms with E-state index in [0.29, 0.717) is 0 Å². The molecule has 0 radical (unpaired) electrons. The molecule has 1 amide bonds. The largest absolute Gasteiger partial charge is 0.479 e. The molecule has 2 rings (SSSR count). The summed E-state index contributed by atoms with van der Waals surface area (Å²) in [6.45, 7) is -0.239. The molecule has 1 aromatic heterocycles. The summed E-state index contributed by atoms with van der Waals surface area (Å²) in [4.78, 5) is 22.0. The van der Waals surface area contributed by atoms with E-state index in [1.807, 2.05) is 0 Å². The van der Waals surface area contributed by atoms with Crippen LogP contribution in [0.3, 0.4) is 0 Å². The molecule has 0 saturated carbocycles. The molecule has 0 aliphatic carbocycles. The third-order valence-corrected chi connectivity index (χ3v) is 5.01. The van der Waals surface area contributed by atoms with Crippen molar-refractivity contribution in [1.29, 1.82) is 0 Å². The molecule has 3 N–H and O–H groups in total. The summed E-state index contributed by atoms with van der Waals surface area (Å²) in [5, 5.41) is 8.90. The van der Waals surface area contributed by atoms with E-state index in [4.69, 9.17) is 15.6 Å². The van der Waals surface area contributed by atoms with E-state index in [0.717, 1.165) is 4.31 Å². The van der Waals surface area contributed by atoms with Crippen molar-refractivity contribution in [3.63, 3.8) is 0 Å². The van der Waals surface area contributed by atoms with Gasteiger partial charge in [0.05, 0.1) is 13.2 Å². The monoisotopic (exact) mass is 317 g/mol. The van der Waals surface area contributed by atoms with Gasteiger partial charge in [0, 0.05) is 19.8 Å². The number of rotatable bonds is 4. The molecule has 0 bridgehead atoms. The lowest BCUT2D eigenvalue weighted by Crippen LogP contribution is -2.48. The summed E-state index contributed by atoms with van der Waals surface area (Å²) >= 11 is 0. The number of aromatic nitrogens is 1. The summed E-state index contributed by atoms with van der Waals surface area (Å²) in [5.41, 5.74) is 5.20.